The molecule has 0 aromatic heterocycles. The van der Waals surface area contributed by atoms with E-state index in [0.717, 1.165) is 19.4 Å². The molecular formula is C12H18ClFN2. The number of nitrogens with two attached hydrogens (primary N) is 1. The van der Waals surface area contributed by atoms with Gasteiger partial charge in [0.05, 0.1) is 16.4 Å². The Bertz CT molecular complexity index is 355. The molecule has 0 saturated carbocycles. The highest BCUT2D eigenvalue weighted by atomic mass is 35.5. The molecule has 0 saturated heterocycles. The highest BCUT2D eigenvalue weighted by Gasteiger charge is 2.09. The van der Waals surface area contributed by atoms with Crippen molar-refractivity contribution in [3.05, 3.63) is 23.0 Å². The van der Waals surface area contributed by atoms with Gasteiger partial charge < -0.3 is 10.6 Å². The lowest BCUT2D eigenvalue weighted by Gasteiger charge is -2.21. The maximum absolute atomic E-state index is 13.3. The van der Waals surface area contributed by atoms with E-state index in [0.29, 0.717) is 11.4 Å². The topological polar surface area (TPSA) is 29.3 Å². The van der Waals surface area contributed by atoms with Gasteiger partial charge in [-0.05, 0) is 12.5 Å². The van der Waals surface area contributed by atoms with E-state index in [1.165, 1.54) is 18.6 Å². The van der Waals surface area contributed by atoms with Crippen molar-refractivity contribution in [1.29, 1.82) is 0 Å². The minimum atomic E-state index is -0.423. The number of rotatable bonds is 5. The third-order valence-corrected chi connectivity index (χ3v) is 2.87. The number of nitrogens with zero attached hydrogens (tertiary/aromatic N) is 1. The molecule has 0 radical (unpaired) electrons. The minimum absolute atomic E-state index is 0.0724. The summed E-state index contributed by atoms with van der Waals surface area (Å²) >= 11 is 5.64. The molecule has 0 aliphatic rings. The van der Waals surface area contributed by atoms with Crippen LogP contribution in [0, 0.1) is 5.82 Å². The van der Waals surface area contributed by atoms with Crippen molar-refractivity contribution in [2.45, 2.75) is 26.2 Å². The van der Waals surface area contributed by atoms with Crippen LogP contribution in [0.5, 0.6) is 0 Å². The van der Waals surface area contributed by atoms with Crippen LogP contribution in [0.4, 0.5) is 15.8 Å². The SMILES string of the molecule is CCCCCN(C)c1cc(F)c(Cl)cc1N. The zero-order valence-corrected chi connectivity index (χ0v) is 10.5. The third-order valence-electron chi connectivity index (χ3n) is 2.58. The molecule has 2 N–H and O–H groups in total. The molecule has 0 amide bonds. The summed E-state index contributed by atoms with van der Waals surface area (Å²) in [5.41, 5.74) is 7.03. The monoisotopic (exact) mass is 244 g/mol. The predicted molar refractivity (Wildman–Crippen MR) is 68.6 cm³/mol. The van der Waals surface area contributed by atoms with Gasteiger partial charge in [-0.2, -0.15) is 0 Å². The van der Waals surface area contributed by atoms with Gasteiger partial charge in [0.2, 0.25) is 0 Å². The first-order chi connectivity index (χ1) is 7.56. The molecule has 2 nitrogen and oxygen atoms in total. The van der Waals surface area contributed by atoms with Crippen molar-refractivity contribution < 1.29 is 4.39 Å². The number of benzene rings is 1. The Labute approximate surface area is 101 Å². The molecule has 90 valence electrons. The van der Waals surface area contributed by atoms with Crippen molar-refractivity contribution in [3.63, 3.8) is 0 Å². The molecule has 0 atom stereocenters. The Morgan fingerprint density at radius 3 is 2.69 bits per heavy atom. The van der Waals surface area contributed by atoms with Gasteiger partial charge in [0.1, 0.15) is 5.82 Å². The molecule has 4 heteroatoms. The quantitative estimate of drug-likeness (QED) is 0.632. The minimum Gasteiger partial charge on any atom is -0.397 e. The highest BCUT2D eigenvalue weighted by Crippen LogP contribution is 2.28. The Morgan fingerprint density at radius 2 is 2.06 bits per heavy atom. The number of halogens is 2. The Kier molecular flexibility index (Phi) is 4.87. The fourth-order valence-electron chi connectivity index (χ4n) is 1.60. The standard InChI is InChI=1S/C12H18ClFN2/c1-3-4-5-6-16(2)12-8-10(14)9(13)7-11(12)15/h7-8H,3-6,15H2,1-2H3. The van der Waals surface area contributed by atoms with E-state index < -0.39 is 5.82 Å². The number of hydrogen-bond donors (Lipinski definition) is 1. The van der Waals surface area contributed by atoms with Crippen LogP contribution in [0.25, 0.3) is 0 Å². The molecule has 0 spiro atoms. The summed E-state index contributed by atoms with van der Waals surface area (Å²) in [6, 6.07) is 2.85. The van der Waals surface area contributed by atoms with Crippen molar-refractivity contribution in [1.82, 2.24) is 0 Å². The van der Waals surface area contributed by atoms with E-state index in [2.05, 4.69) is 6.92 Å². The summed E-state index contributed by atoms with van der Waals surface area (Å²) in [6.07, 6.45) is 3.41. The van der Waals surface area contributed by atoms with E-state index in [-0.39, 0.29) is 5.02 Å². The van der Waals surface area contributed by atoms with Crippen LogP contribution in [-0.2, 0) is 0 Å². The molecule has 0 heterocycles. The maximum atomic E-state index is 13.3. The molecule has 16 heavy (non-hydrogen) atoms. The van der Waals surface area contributed by atoms with Gasteiger partial charge in [0.15, 0.2) is 0 Å². The maximum Gasteiger partial charge on any atom is 0.144 e. The Hall–Kier alpha value is -0.960. The van der Waals surface area contributed by atoms with Gasteiger partial charge in [-0.15, -0.1) is 0 Å². The summed E-state index contributed by atoms with van der Waals surface area (Å²) in [4.78, 5) is 1.96. The third kappa shape index (κ3) is 3.27. The Morgan fingerprint density at radius 1 is 1.38 bits per heavy atom. The number of hydrogen-bond acceptors (Lipinski definition) is 2. The first kappa shape index (κ1) is 13.1. The molecule has 0 fully saturated rings. The lowest BCUT2D eigenvalue weighted by molar-refractivity contribution is 0.627. The van der Waals surface area contributed by atoms with Crippen molar-refractivity contribution in [2.75, 3.05) is 24.2 Å². The summed E-state index contributed by atoms with van der Waals surface area (Å²) in [7, 11) is 1.91. The molecule has 1 rings (SSSR count). The normalized spacial score (nSPS) is 10.5. The zero-order chi connectivity index (χ0) is 12.1. The van der Waals surface area contributed by atoms with E-state index in [4.69, 9.17) is 17.3 Å². The van der Waals surface area contributed by atoms with Crippen molar-refractivity contribution >= 4 is 23.0 Å². The molecule has 1 aromatic rings. The van der Waals surface area contributed by atoms with Crippen LogP contribution in [0.3, 0.4) is 0 Å². The molecule has 0 aliphatic carbocycles. The summed E-state index contributed by atoms with van der Waals surface area (Å²) in [5.74, 6) is -0.423. The molecule has 0 bridgehead atoms. The molecular weight excluding hydrogens is 227 g/mol. The fraction of sp³-hybridized carbons (Fsp3) is 0.500. The smallest absolute Gasteiger partial charge is 0.144 e. The zero-order valence-electron chi connectivity index (χ0n) is 9.76. The fourth-order valence-corrected chi connectivity index (χ4v) is 1.77. The van der Waals surface area contributed by atoms with Crippen LogP contribution in [-0.4, -0.2) is 13.6 Å². The van der Waals surface area contributed by atoms with Crippen LogP contribution in [0.15, 0.2) is 12.1 Å². The largest absolute Gasteiger partial charge is 0.397 e. The second-order valence-corrected chi connectivity index (χ2v) is 4.36. The second-order valence-electron chi connectivity index (χ2n) is 3.95. The summed E-state index contributed by atoms with van der Waals surface area (Å²) in [5, 5.41) is 0.0724. The lowest BCUT2D eigenvalue weighted by Crippen LogP contribution is -2.20. The van der Waals surface area contributed by atoms with Gasteiger partial charge >= 0.3 is 0 Å². The van der Waals surface area contributed by atoms with Gasteiger partial charge in [0.25, 0.3) is 0 Å². The summed E-state index contributed by atoms with van der Waals surface area (Å²) < 4.78 is 13.3. The number of unbranched alkanes of at least 4 members (excludes halogenated alkanes) is 2. The first-order valence-electron chi connectivity index (χ1n) is 5.52. The average Bonchev–Trinajstić information content (AvgIpc) is 2.23. The van der Waals surface area contributed by atoms with E-state index >= 15 is 0 Å². The van der Waals surface area contributed by atoms with E-state index in [9.17, 15) is 4.39 Å². The average molecular weight is 245 g/mol. The van der Waals surface area contributed by atoms with Gasteiger partial charge in [-0.25, -0.2) is 4.39 Å². The van der Waals surface area contributed by atoms with Crippen molar-refractivity contribution in [2.24, 2.45) is 0 Å². The van der Waals surface area contributed by atoms with E-state index in [1.54, 1.807) is 0 Å². The lowest BCUT2D eigenvalue weighted by atomic mass is 10.2. The molecule has 0 unspecified atom stereocenters. The van der Waals surface area contributed by atoms with Crippen LogP contribution in [0.2, 0.25) is 5.02 Å². The van der Waals surface area contributed by atoms with Gasteiger partial charge in [0, 0.05) is 19.7 Å². The van der Waals surface area contributed by atoms with Gasteiger partial charge in [-0.3, -0.25) is 0 Å². The predicted octanol–water partition coefficient (Wildman–Crippen LogP) is 3.69. The first-order valence-corrected chi connectivity index (χ1v) is 5.89. The van der Waals surface area contributed by atoms with Crippen LogP contribution >= 0.6 is 11.6 Å². The molecule has 1 aromatic carbocycles. The van der Waals surface area contributed by atoms with Crippen LogP contribution in [0.1, 0.15) is 26.2 Å². The van der Waals surface area contributed by atoms with Gasteiger partial charge in [-0.1, -0.05) is 31.4 Å². The molecule has 0 aliphatic heterocycles. The Balaban J connectivity index is 2.75. The summed E-state index contributed by atoms with van der Waals surface area (Å²) in [6.45, 7) is 3.02. The van der Waals surface area contributed by atoms with Crippen molar-refractivity contribution in [3.8, 4) is 0 Å². The second kappa shape index (κ2) is 5.94. The number of anilines is 2. The van der Waals surface area contributed by atoms with E-state index in [1.807, 2.05) is 11.9 Å². The highest BCUT2D eigenvalue weighted by molar-refractivity contribution is 6.31. The number of nitrogen functional groups attached to an aromatic ring is 1. The van der Waals surface area contributed by atoms with Crippen LogP contribution < -0.4 is 10.6 Å².